The fraction of sp³-hybridized carbons (Fsp3) is 0.378. The molecule has 5 atom stereocenters. The lowest BCUT2D eigenvalue weighted by Crippen LogP contribution is -2.52. The number of aliphatic hydroxyl groups is 1. The minimum atomic E-state index is -2.47. The largest absolute Gasteiger partial charge is 0.497 e. The molecule has 11 heteroatoms. The van der Waals surface area contributed by atoms with Gasteiger partial charge in [-0.2, -0.15) is 5.10 Å². The number of anilines is 2. The topological polar surface area (TPSA) is 112 Å². The van der Waals surface area contributed by atoms with E-state index in [4.69, 9.17) is 14.6 Å². The molecule has 4 heterocycles. The Labute approximate surface area is 329 Å². The molecular formula is C45H50N4O6Si. The molecule has 0 saturated carbocycles. The van der Waals surface area contributed by atoms with E-state index in [0.717, 1.165) is 46.7 Å². The lowest BCUT2D eigenvalue weighted by molar-refractivity contribution is -0.150. The average molecular weight is 771 g/mol. The van der Waals surface area contributed by atoms with Gasteiger partial charge in [0.05, 0.1) is 64.0 Å². The molecule has 4 aliphatic rings. The summed E-state index contributed by atoms with van der Waals surface area (Å²) in [7, 11) is -0.811. The molecular weight excluding hydrogens is 721 g/mol. The highest BCUT2D eigenvalue weighted by Crippen LogP contribution is 2.60. The van der Waals surface area contributed by atoms with E-state index in [1.165, 1.54) is 10.2 Å². The Bertz CT molecular complexity index is 2160. The number of para-hydroxylation sites is 1. The van der Waals surface area contributed by atoms with E-state index in [1.54, 1.807) is 7.11 Å². The Morgan fingerprint density at radius 3 is 2.46 bits per heavy atom. The number of hydrazone groups is 1. The Morgan fingerprint density at radius 1 is 0.964 bits per heavy atom. The highest BCUT2D eigenvalue weighted by atomic mass is 28.3. The van der Waals surface area contributed by atoms with Crippen molar-refractivity contribution in [3.63, 3.8) is 0 Å². The molecule has 0 aliphatic carbocycles. The van der Waals surface area contributed by atoms with Crippen molar-refractivity contribution in [1.82, 2.24) is 4.90 Å². The van der Waals surface area contributed by atoms with Crippen LogP contribution in [0.5, 0.6) is 5.75 Å². The number of nitrogens with zero attached hydrogens (tertiary/aromatic N) is 4. The van der Waals surface area contributed by atoms with Gasteiger partial charge in [-0.15, -0.1) is 0 Å². The summed E-state index contributed by atoms with van der Waals surface area (Å²) >= 11 is 0. The summed E-state index contributed by atoms with van der Waals surface area (Å²) in [5.74, 6) is 0.236. The number of benzene rings is 4. The number of methoxy groups -OCH3 is 1. The van der Waals surface area contributed by atoms with Gasteiger partial charge < -0.3 is 24.4 Å². The Morgan fingerprint density at radius 2 is 1.71 bits per heavy atom. The van der Waals surface area contributed by atoms with E-state index in [1.807, 2.05) is 101 Å². The maximum atomic E-state index is 15.3. The summed E-state index contributed by atoms with van der Waals surface area (Å²) in [5.41, 5.74) is 3.53. The van der Waals surface area contributed by atoms with Gasteiger partial charge >= 0.3 is 0 Å². The molecule has 2 saturated heterocycles. The first-order valence-electron chi connectivity index (χ1n) is 19.8. The fourth-order valence-electron chi connectivity index (χ4n) is 9.83. The van der Waals surface area contributed by atoms with Crippen molar-refractivity contribution in [3.8, 4) is 5.75 Å². The van der Waals surface area contributed by atoms with Gasteiger partial charge in [-0.1, -0.05) is 98.0 Å². The van der Waals surface area contributed by atoms with Gasteiger partial charge in [0, 0.05) is 30.9 Å². The second kappa shape index (κ2) is 15.1. The fourth-order valence-corrected chi connectivity index (χ4v) is 13.8. The molecule has 3 amide bonds. The number of hydrogen-bond acceptors (Lipinski definition) is 7. The van der Waals surface area contributed by atoms with E-state index >= 15 is 4.79 Å². The van der Waals surface area contributed by atoms with Crippen molar-refractivity contribution in [2.45, 2.75) is 82.0 Å². The molecule has 290 valence electrons. The summed E-state index contributed by atoms with van der Waals surface area (Å²) in [5, 5.41) is 17.5. The summed E-state index contributed by atoms with van der Waals surface area (Å²) in [4.78, 5) is 46.2. The number of carbonyl (C=O) groups excluding carboxylic acids is 3. The standard InChI is InChI=1S/C45H50N4O6Si/c1-30-43(56(3,4)36-21-19-35(54-2)20-22-36)40(27-42(52)47-25-11-16-34(47)29-50)55-45(30)37-17-8-9-18-39(37)48(44(45)53)28-31-12-10-15-33(26-31)49-41(51)24-23-38(46-49)32-13-6-5-7-14-32/h5-10,12-15,17-22,26,30,34,40,43,50H,11,16,23-25,27-29H2,1-4H3/t30-,34-,40+,43-,45+/m0/s1. The Balaban J connectivity index is 1.14. The summed E-state index contributed by atoms with van der Waals surface area (Å²) < 4.78 is 12.7. The molecule has 4 aromatic rings. The third-order valence-corrected chi connectivity index (χ3v) is 17.0. The normalized spacial score (nSPS) is 24.9. The monoisotopic (exact) mass is 770 g/mol. The quantitative estimate of drug-likeness (QED) is 0.188. The van der Waals surface area contributed by atoms with Gasteiger partial charge in [-0.3, -0.25) is 14.4 Å². The predicted octanol–water partition coefficient (Wildman–Crippen LogP) is 6.36. The van der Waals surface area contributed by atoms with Gasteiger partial charge in [0.15, 0.2) is 5.60 Å². The van der Waals surface area contributed by atoms with Crippen molar-refractivity contribution in [2.75, 3.05) is 30.2 Å². The Hall–Kier alpha value is -5.10. The summed E-state index contributed by atoms with van der Waals surface area (Å²) in [6.07, 6.45) is 2.16. The van der Waals surface area contributed by atoms with E-state index in [-0.39, 0.29) is 54.8 Å². The van der Waals surface area contributed by atoms with Crippen LogP contribution in [0.15, 0.2) is 108 Å². The predicted molar refractivity (Wildman–Crippen MR) is 220 cm³/mol. The second-order valence-electron chi connectivity index (χ2n) is 16.1. The lowest BCUT2D eigenvalue weighted by atomic mass is 9.82. The number of rotatable bonds is 10. The van der Waals surface area contributed by atoms with Crippen LogP contribution in [0.3, 0.4) is 0 Å². The van der Waals surface area contributed by atoms with Gasteiger partial charge in [-0.05, 0) is 59.8 Å². The van der Waals surface area contributed by atoms with Crippen LogP contribution < -0.4 is 19.8 Å². The van der Waals surface area contributed by atoms with Crippen LogP contribution in [0.25, 0.3) is 0 Å². The van der Waals surface area contributed by atoms with Gasteiger partial charge in [0.1, 0.15) is 5.75 Å². The molecule has 10 nitrogen and oxygen atoms in total. The molecule has 0 bridgehead atoms. The average Bonchev–Trinajstić information content (AvgIpc) is 3.89. The first kappa shape index (κ1) is 37.8. The first-order valence-corrected chi connectivity index (χ1v) is 22.8. The summed E-state index contributed by atoms with van der Waals surface area (Å²) in [6.45, 7) is 7.55. The molecule has 0 aromatic heterocycles. The van der Waals surface area contributed by atoms with E-state index < -0.39 is 19.8 Å². The van der Waals surface area contributed by atoms with Gasteiger partial charge in [0.2, 0.25) is 11.8 Å². The van der Waals surface area contributed by atoms with Crippen molar-refractivity contribution in [1.29, 1.82) is 0 Å². The van der Waals surface area contributed by atoms with Crippen LogP contribution in [-0.4, -0.2) is 73.9 Å². The van der Waals surface area contributed by atoms with Crippen LogP contribution in [-0.2, 0) is 31.3 Å². The van der Waals surface area contributed by atoms with E-state index in [2.05, 4.69) is 32.2 Å². The maximum Gasteiger partial charge on any atom is 0.264 e. The highest BCUT2D eigenvalue weighted by molar-refractivity contribution is 6.91. The minimum Gasteiger partial charge on any atom is -0.497 e. The maximum absolute atomic E-state index is 15.3. The smallest absolute Gasteiger partial charge is 0.264 e. The van der Waals surface area contributed by atoms with Crippen LogP contribution in [0.1, 0.15) is 55.7 Å². The number of carbonyl (C=O) groups is 3. The summed E-state index contributed by atoms with van der Waals surface area (Å²) in [6, 6.07) is 33.5. The van der Waals surface area contributed by atoms with Crippen molar-refractivity contribution in [3.05, 3.63) is 120 Å². The third-order valence-electron chi connectivity index (χ3n) is 12.7. The van der Waals surface area contributed by atoms with Crippen LogP contribution in [0, 0.1) is 5.92 Å². The third kappa shape index (κ3) is 6.45. The number of ether oxygens (including phenoxy) is 2. The molecule has 0 unspecified atom stereocenters. The van der Waals surface area contributed by atoms with Crippen LogP contribution >= 0.6 is 0 Å². The zero-order chi connectivity index (χ0) is 39.2. The van der Waals surface area contributed by atoms with Crippen molar-refractivity contribution >= 4 is 48.1 Å². The van der Waals surface area contributed by atoms with Crippen LogP contribution in [0.2, 0.25) is 18.6 Å². The number of likely N-dealkylation sites (tertiary alicyclic amines) is 1. The van der Waals surface area contributed by atoms with Crippen LogP contribution in [0.4, 0.5) is 11.4 Å². The Kier molecular flexibility index (Phi) is 10.2. The van der Waals surface area contributed by atoms with Crippen molar-refractivity contribution < 1.29 is 29.0 Å². The molecule has 1 spiro atoms. The van der Waals surface area contributed by atoms with Crippen molar-refractivity contribution in [2.24, 2.45) is 11.0 Å². The van der Waals surface area contributed by atoms with E-state index in [9.17, 15) is 14.7 Å². The minimum absolute atomic E-state index is 0.0435. The molecule has 0 radical (unpaired) electrons. The van der Waals surface area contributed by atoms with Gasteiger partial charge in [-0.25, -0.2) is 5.01 Å². The van der Waals surface area contributed by atoms with E-state index in [0.29, 0.717) is 25.1 Å². The zero-order valence-electron chi connectivity index (χ0n) is 32.6. The lowest BCUT2D eigenvalue weighted by Gasteiger charge is -2.37. The first-order chi connectivity index (χ1) is 27.1. The molecule has 4 aliphatic heterocycles. The second-order valence-corrected chi connectivity index (χ2v) is 20.8. The highest BCUT2D eigenvalue weighted by Gasteiger charge is 2.66. The number of fused-ring (bicyclic) bond motifs is 2. The number of aliphatic hydroxyl groups excluding tert-OH is 1. The zero-order valence-corrected chi connectivity index (χ0v) is 33.6. The molecule has 1 N–H and O–H groups in total. The molecule has 56 heavy (non-hydrogen) atoms. The number of amides is 3. The molecule has 2 fully saturated rings. The molecule has 8 rings (SSSR count). The number of hydrogen-bond donors (Lipinski definition) is 1. The SMILES string of the molecule is COc1ccc([Si](C)(C)[C@@H]2[C@@H](CC(=O)N3CCC[C@H]3CO)O[C@]3(C(=O)N(Cc4cccc(N5N=C(c6ccccc6)CCC5=O)c4)c4ccccc43)[C@H]2C)cc1. The molecule has 4 aromatic carbocycles. The van der Waals surface area contributed by atoms with Gasteiger partial charge in [0.25, 0.3) is 5.91 Å².